The third-order valence-corrected chi connectivity index (χ3v) is 8.70. The third kappa shape index (κ3) is 4.97. The lowest BCUT2D eigenvalue weighted by molar-refractivity contribution is -0.149. The Kier molecular flexibility index (Phi) is 5.76. The number of hydrogen-bond acceptors (Lipinski definition) is 3. The van der Waals surface area contributed by atoms with Gasteiger partial charge in [-0.1, -0.05) is 50.6 Å². The molecule has 0 radical (unpaired) electrons. The van der Waals surface area contributed by atoms with Gasteiger partial charge in [0.1, 0.15) is 6.10 Å². The van der Waals surface area contributed by atoms with Gasteiger partial charge in [-0.2, -0.15) is 0 Å². The number of benzene rings is 1. The van der Waals surface area contributed by atoms with Crippen molar-refractivity contribution < 1.29 is 14.0 Å². The summed E-state index contributed by atoms with van der Waals surface area (Å²) in [6.45, 7) is 12.9. The highest BCUT2D eigenvalue weighted by molar-refractivity contribution is 6.74. The Balaban J connectivity index is 2.95. The second-order valence-electron chi connectivity index (χ2n) is 7.08. The SMILES string of the molecule is COC(=O)C(Cc1cccc(C)c1)O[Si](C)(C)C(C)(C)C. The van der Waals surface area contributed by atoms with E-state index in [-0.39, 0.29) is 11.0 Å². The lowest BCUT2D eigenvalue weighted by Gasteiger charge is -2.38. The van der Waals surface area contributed by atoms with Crippen molar-refractivity contribution in [3.05, 3.63) is 35.4 Å². The van der Waals surface area contributed by atoms with Crippen LogP contribution in [0.25, 0.3) is 0 Å². The zero-order valence-corrected chi connectivity index (χ0v) is 15.3. The van der Waals surface area contributed by atoms with E-state index in [0.29, 0.717) is 6.42 Å². The van der Waals surface area contributed by atoms with E-state index < -0.39 is 14.4 Å². The summed E-state index contributed by atoms with van der Waals surface area (Å²) >= 11 is 0. The van der Waals surface area contributed by atoms with Crippen LogP contribution in [0.1, 0.15) is 31.9 Å². The summed E-state index contributed by atoms with van der Waals surface area (Å²) in [7, 11) is -0.598. The zero-order chi connectivity index (χ0) is 16.3. The van der Waals surface area contributed by atoms with Crippen molar-refractivity contribution >= 4 is 14.3 Å². The van der Waals surface area contributed by atoms with Crippen LogP contribution in [0.4, 0.5) is 0 Å². The predicted molar refractivity (Wildman–Crippen MR) is 89.0 cm³/mol. The highest BCUT2D eigenvalue weighted by Gasteiger charge is 2.41. The van der Waals surface area contributed by atoms with Crippen LogP contribution in [0.2, 0.25) is 18.1 Å². The summed E-state index contributed by atoms with van der Waals surface area (Å²) in [4.78, 5) is 12.1. The third-order valence-electron chi connectivity index (χ3n) is 4.21. The molecule has 0 fully saturated rings. The van der Waals surface area contributed by atoms with Crippen molar-refractivity contribution in [1.82, 2.24) is 0 Å². The first-order valence-electron chi connectivity index (χ1n) is 7.38. The predicted octanol–water partition coefficient (Wildman–Crippen LogP) is 4.10. The summed E-state index contributed by atoms with van der Waals surface area (Å²) < 4.78 is 11.2. The van der Waals surface area contributed by atoms with E-state index in [1.807, 2.05) is 25.1 Å². The molecule has 1 atom stereocenters. The first kappa shape index (κ1) is 17.9. The van der Waals surface area contributed by atoms with Crippen LogP contribution in [-0.4, -0.2) is 27.5 Å². The van der Waals surface area contributed by atoms with Gasteiger partial charge in [0.15, 0.2) is 8.32 Å². The number of rotatable bonds is 5. The number of carbonyl (C=O) groups excluding carboxylic acids is 1. The summed E-state index contributed by atoms with van der Waals surface area (Å²) in [6, 6.07) is 8.17. The number of methoxy groups -OCH3 is 1. The van der Waals surface area contributed by atoms with Crippen molar-refractivity contribution in [1.29, 1.82) is 0 Å². The topological polar surface area (TPSA) is 35.5 Å². The normalized spacial score (nSPS) is 13.9. The first-order valence-corrected chi connectivity index (χ1v) is 10.3. The maximum atomic E-state index is 12.1. The van der Waals surface area contributed by atoms with Gasteiger partial charge in [0, 0.05) is 6.42 Å². The molecule has 0 bridgehead atoms. The molecule has 1 rings (SSSR count). The molecule has 21 heavy (non-hydrogen) atoms. The van der Waals surface area contributed by atoms with E-state index in [0.717, 1.165) is 5.56 Å². The van der Waals surface area contributed by atoms with E-state index in [9.17, 15) is 4.79 Å². The highest BCUT2D eigenvalue weighted by Crippen LogP contribution is 2.37. The van der Waals surface area contributed by atoms with Gasteiger partial charge in [0.25, 0.3) is 0 Å². The maximum absolute atomic E-state index is 12.1. The lowest BCUT2D eigenvalue weighted by atomic mass is 10.1. The van der Waals surface area contributed by atoms with Crippen LogP contribution >= 0.6 is 0 Å². The van der Waals surface area contributed by atoms with Gasteiger partial charge in [-0.05, 0) is 30.6 Å². The van der Waals surface area contributed by atoms with Gasteiger partial charge in [-0.3, -0.25) is 0 Å². The van der Waals surface area contributed by atoms with Crippen molar-refractivity contribution in [3.63, 3.8) is 0 Å². The molecule has 0 amide bonds. The van der Waals surface area contributed by atoms with Gasteiger partial charge in [-0.25, -0.2) is 4.79 Å². The van der Waals surface area contributed by atoms with E-state index >= 15 is 0 Å². The highest BCUT2D eigenvalue weighted by atomic mass is 28.4. The Morgan fingerprint density at radius 2 is 1.90 bits per heavy atom. The van der Waals surface area contributed by atoms with Gasteiger partial charge < -0.3 is 9.16 Å². The van der Waals surface area contributed by atoms with Gasteiger partial charge >= 0.3 is 5.97 Å². The van der Waals surface area contributed by atoms with E-state index in [2.05, 4.69) is 39.9 Å². The number of esters is 1. The van der Waals surface area contributed by atoms with E-state index in [1.54, 1.807) is 0 Å². The standard InChI is InChI=1S/C17H28O3Si/c1-13-9-8-10-14(11-13)12-15(16(18)19-5)20-21(6,7)17(2,3)4/h8-11,15H,12H2,1-7H3. The second kappa shape index (κ2) is 6.75. The molecule has 1 unspecified atom stereocenters. The molecule has 0 saturated carbocycles. The van der Waals surface area contributed by atoms with Crippen LogP contribution < -0.4 is 0 Å². The van der Waals surface area contributed by atoms with Crippen LogP contribution in [0.3, 0.4) is 0 Å². The van der Waals surface area contributed by atoms with E-state index in [4.69, 9.17) is 9.16 Å². The van der Waals surface area contributed by atoms with Crippen molar-refractivity contribution in [2.45, 2.75) is 58.4 Å². The fourth-order valence-electron chi connectivity index (χ4n) is 1.89. The molecule has 0 spiro atoms. The second-order valence-corrected chi connectivity index (χ2v) is 11.8. The molecule has 0 aromatic heterocycles. The minimum Gasteiger partial charge on any atom is -0.467 e. The molecule has 4 heteroatoms. The molecule has 0 aliphatic rings. The molecule has 0 heterocycles. The molecule has 0 aliphatic carbocycles. The van der Waals surface area contributed by atoms with E-state index in [1.165, 1.54) is 12.7 Å². The summed E-state index contributed by atoms with van der Waals surface area (Å²) in [5.74, 6) is -0.290. The number of aryl methyl sites for hydroxylation is 1. The maximum Gasteiger partial charge on any atom is 0.334 e. The fourth-order valence-corrected chi connectivity index (χ4v) is 3.13. The van der Waals surface area contributed by atoms with Crippen LogP contribution in [0.15, 0.2) is 24.3 Å². The Morgan fingerprint density at radius 1 is 1.29 bits per heavy atom. The number of hydrogen-bond donors (Lipinski definition) is 0. The molecule has 1 aromatic carbocycles. The molecule has 0 N–H and O–H groups in total. The molecule has 0 saturated heterocycles. The fraction of sp³-hybridized carbons (Fsp3) is 0.588. The van der Waals surface area contributed by atoms with Crippen LogP contribution in [-0.2, 0) is 20.4 Å². The molecule has 0 aliphatic heterocycles. The van der Waals surface area contributed by atoms with Gasteiger partial charge in [0.2, 0.25) is 0 Å². The zero-order valence-electron chi connectivity index (χ0n) is 14.3. The molecule has 1 aromatic rings. The van der Waals surface area contributed by atoms with Gasteiger partial charge in [0.05, 0.1) is 7.11 Å². The molecular formula is C17H28O3Si. The molecule has 118 valence electrons. The Hall–Kier alpha value is -1.13. The lowest BCUT2D eigenvalue weighted by Crippen LogP contribution is -2.47. The monoisotopic (exact) mass is 308 g/mol. The van der Waals surface area contributed by atoms with Crippen molar-refractivity contribution in [2.24, 2.45) is 0 Å². The number of ether oxygens (including phenoxy) is 1. The van der Waals surface area contributed by atoms with Crippen LogP contribution in [0.5, 0.6) is 0 Å². The summed E-state index contributed by atoms with van der Waals surface area (Å²) in [6.07, 6.45) is 0.0265. The molecular weight excluding hydrogens is 280 g/mol. The summed E-state index contributed by atoms with van der Waals surface area (Å²) in [5, 5.41) is 0.0614. The van der Waals surface area contributed by atoms with Crippen LogP contribution in [0, 0.1) is 6.92 Å². The van der Waals surface area contributed by atoms with Crippen molar-refractivity contribution in [2.75, 3.05) is 7.11 Å². The average Bonchev–Trinajstić information content (AvgIpc) is 2.35. The Morgan fingerprint density at radius 3 is 2.38 bits per heavy atom. The average molecular weight is 308 g/mol. The minimum atomic E-state index is -2.02. The largest absolute Gasteiger partial charge is 0.467 e. The quantitative estimate of drug-likeness (QED) is 0.607. The van der Waals surface area contributed by atoms with Gasteiger partial charge in [-0.15, -0.1) is 0 Å². The Labute approximate surface area is 129 Å². The minimum absolute atomic E-state index is 0.0614. The first-order chi connectivity index (χ1) is 9.56. The molecule has 3 nitrogen and oxygen atoms in total. The number of carbonyl (C=O) groups is 1. The van der Waals surface area contributed by atoms with Crippen molar-refractivity contribution in [3.8, 4) is 0 Å². The summed E-state index contributed by atoms with van der Waals surface area (Å²) in [5.41, 5.74) is 2.28. The Bertz CT molecular complexity index is 489. The smallest absolute Gasteiger partial charge is 0.334 e.